The van der Waals surface area contributed by atoms with Crippen LogP contribution in [0.4, 0.5) is 4.79 Å². The predicted octanol–water partition coefficient (Wildman–Crippen LogP) is 6.52. The van der Waals surface area contributed by atoms with Crippen LogP contribution in [0.25, 0.3) is 0 Å². The number of benzene rings is 2. The molecule has 0 aromatic heterocycles. The van der Waals surface area contributed by atoms with Crippen molar-refractivity contribution < 1.29 is 14.3 Å². The smallest absolute Gasteiger partial charge is 0.407 e. The molecule has 0 saturated carbocycles. The van der Waals surface area contributed by atoms with Gasteiger partial charge < -0.3 is 15.4 Å². The third-order valence-electron chi connectivity index (χ3n) is 5.03. The van der Waals surface area contributed by atoms with E-state index in [0.29, 0.717) is 29.6 Å². The second-order valence-electron chi connectivity index (χ2n) is 9.12. The third-order valence-corrected chi connectivity index (χ3v) is 5.54. The predicted molar refractivity (Wildman–Crippen MR) is 135 cm³/mol. The van der Waals surface area contributed by atoms with E-state index < -0.39 is 11.7 Å². The molecular weight excluding hydrogens is 459 g/mol. The normalized spacial score (nSPS) is 12.2. The van der Waals surface area contributed by atoms with Crippen LogP contribution in [0.3, 0.4) is 0 Å². The lowest BCUT2D eigenvalue weighted by Gasteiger charge is -2.19. The SMILES string of the molecule is CC(C)(C)OC(=O)NCCCCCC(=O)NC[C@H](Cc1ccc(Cl)cc1)c1ccc(Cl)cc1. The van der Waals surface area contributed by atoms with Crippen molar-refractivity contribution in [3.8, 4) is 0 Å². The zero-order chi connectivity index (χ0) is 24.3. The highest BCUT2D eigenvalue weighted by Gasteiger charge is 2.16. The minimum atomic E-state index is -0.500. The van der Waals surface area contributed by atoms with Gasteiger partial charge in [0, 0.05) is 35.5 Å². The van der Waals surface area contributed by atoms with Gasteiger partial charge in [0.05, 0.1) is 0 Å². The highest BCUT2D eigenvalue weighted by molar-refractivity contribution is 6.30. The Kier molecular flexibility index (Phi) is 11.0. The van der Waals surface area contributed by atoms with E-state index in [4.69, 9.17) is 27.9 Å². The Balaban J connectivity index is 1.75. The topological polar surface area (TPSA) is 67.4 Å². The molecular formula is C26H34Cl2N2O3. The van der Waals surface area contributed by atoms with Crippen molar-refractivity contribution in [2.75, 3.05) is 13.1 Å². The molecule has 7 heteroatoms. The molecule has 0 aliphatic carbocycles. The average molecular weight is 493 g/mol. The Labute approximate surface area is 207 Å². The van der Waals surface area contributed by atoms with Gasteiger partial charge in [-0.1, -0.05) is 53.9 Å². The van der Waals surface area contributed by atoms with Gasteiger partial charge in [-0.3, -0.25) is 4.79 Å². The summed E-state index contributed by atoms with van der Waals surface area (Å²) >= 11 is 12.1. The maximum absolute atomic E-state index is 12.4. The van der Waals surface area contributed by atoms with Gasteiger partial charge in [-0.05, 0) is 75.4 Å². The Morgan fingerprint density at radius 3 is 2.09 bits per heavy atom. The fourth-order valence-electron chi connectivity index (χ4n) is 3.37. The van der Waals surface area contributed by atoms with Crippen LogP contribution in [-0.4, -0.2) is 30.7 Å². The van der Waals surface area contributed by atoms with Crippen molar-refractivity contribution in [1.29, 1.82) is 0 Å². The van der Waals surface area contributed by atoms with Gasteiger partial charge in [0.25, 0.3) is 0 Å². The van der Waals surface area contributed by atoms with E-state index in [1.807, 2.05) is 69.3 Å². The maximum atomic E-state index is 12.4. The van der Waals surface area contributed by atoms with Gasteiger partial charge in [0.15, 0.2) is 0 Å². The minimum absolute atomic E-state index is 0.0326. The lowest BCUT2D eigenvalue weighted by molar-refractivity contribution is -0.121. The number of hydrogen-bond acceptors (Lipinski definition) is 3. The summed E-state index contributed by atoms with van der Waals surface area (Å²) in [5.41, 5.74) is 1.79. The van der Waals surface area contributed by atoms with E-state index >= 15 is 0 Å². The first-order valence-electron chi connectivity index (χ1n) is 11.4. The van der Waals surface area contributed by atoms with Crippen molar-refractivity contribution in [2.45, 2.75) is 64.4 Å². The Morgan fingerprint density at radius 2 is 1.48 bits per heavy atom. The number of carbonyl (C=O) groups excluding carboxylic acids is 2. The molecule has 2 aromatic carbocycles. The molecule has 0 aliphatic rings. The zero-order valence-electron chi connectivity index (χ0n) is 19.6. The van der Waals surface area contributed by atoms with Crippen LogP contribution >= 0.6 is 23.2 Å². The second kappa shape index (κ2) is 13.5. The van der Waals surface area contributed by atoms with Gasteiger partial charge in [0.1, 0.15) is 5.60 Å². The van der Waals surface area contributed by atoms with Gasteiger partial charge in [-0.2, -0.15) is 0 Å². The molecule has 0 bridgehead atoms. The van der Waals surface area contributed by atoms with Crippen LogP contribution in [-0.2, 0) is 16.0 Å². The molecule has 180 valence electrons. The second-order valence-corrected chi connectivity index (χ2v) is 10.00. The number of hydrogen-bond donors (Lipinski definition) is 2. The van der Waals surface area contributed by atoms with Crippen molar-refractivity contribution in [2.24, 2.45) is 0 Å². The van der Waals surface area contributed by atoms with E-state index in [0.717, 1.165) is 36.8 Å². The first kappa shape index (κ1) is 27.0. The van der Waals surface area contributed by atoms with Gasteiger partial charge in [-0.25, -0.2) is 4.79 Å². The van der Waals surface area contributed by atoms with E-state index in [-0.39, 0.29) is 11.8 Å². The molecule has 5 nitrogen and oxygen atoms in total. The van der Waals surface area contributed by atoms with E-state index in [2.05, 4.69) is 10.6 Å². The molecule has 0 saturated heterocycles. The van der Waals surface area contributed by atoms with Crippen LogP contribution in [0.5, 0.6) is 0 Å². The van der Waals surface area contributed by atoms with Gasteiger partial charge in [0.2, 0.25) is 5.91 Å². The van der Waals surface area contributed by atoms with Crippen LogP contribution in [0.15, 0.2) is 48.5 Å². The number of alkyl carbamates (subject to hydrolysis) is 1. The Morgan fingerprint density at radius 1 is 0.879 bits per heavy atom. The minimum Gasteiger partial charge on any atom is -0.444 e. The van der Waals surface area contributed by atoms with Crippen LogP contribution < -0.4 is 10.6 Å². The fourth-order valence-corrected chi connectivity index (χ4v) is 3.62. The Hall–Kier alpha value is -2.24. The molecule has 1 atom stereocenters. The quantitative estimate of drug-likeness (QED) is 0.350. The molecule has 0 aliphatic heterocycles. The summed E-state index contributed by atoms with van der Waals surface area (Å²) in [6.45, 7) is 6.58. The lowest BCUT2D eigenvalue weighted by Crippen LogP contribution is -2.33. The summed E-state index contributed by atoms with van der Waals surface area (Å²) < 4.78 is 5.20. The molecule has 0 radical (unpaired) electrons. The number of unbranched alkanes of at least 4 members (excludes halogenated alkanes) is 2. The molecule has 0 unspecified atom stereocenters. The first-order chi connectivity index (χ1) is 15.6. The van der Waals surface area contributed by atoms with Crippen LogP contribution in [0.1, 0.15) is 63.5 Å². The average Bonchev–Trinajstić information content (AvgIpc) is 2.74. The lowest BCUT2D eigenvalue weighted by atomic mass is 9.92. The first-order valence-corrected chi connectivity index (χ1v) is 12.1. The molecule has 0 heterocycles. The highest BCUT2D eigenvalue weighted by atomic mass is 35.5. The molecule has 2 rings (SSSR count). The van der Waals surface area contributed by atoms with Crippen LogP contribution in [0.2, 0.25) is 10.0 Å². The summed E-state index contributed by atoms with van der Waals surface area (Å²) in [5.74, 6) is 0.163. The largest absolute Gasteiger partial charge is 0.444 e. The summed E-state index contributed by atoms with van der Waals surface area (Å²) in [6.07, 6.45) is 3.26. The summed E-state index contributed by atoms with van der Waals surface area (Å²) in [7, 11) is 0. The monoisotopic (exact) mass is 492 g/mol. The summed E-state index contributed by atoms with van der Waals surface area (Å²) in [4.78, 5) is 24.0. The Bertz CT molecular complexity index is 878. The van der Waals surface area contributed by atoms with Gasteiger partial charge in [-0.15, -0.1) is 0 Å². The molecule has 2 N–H and O–H groups in total. The number of rotatable bonds is 11. The summed E-state index contributed by atoms with van der Waals surface area (Å²) in [5, 5.41) is 7.21. The van der Waals surface area contributed by atoms with Crippen molar-refractivity contribution in [3.05, 3.63) is 69.7 Å². The zero-order valence-corrected chi connectivity index (χ0v) is 21.1. The molecule has 2 amide bonds. The van der Waals surface area contributed by atoms with E-state index in [9.17, 15) is 9.59 Å². The molecule has 0 fully saturated rings. The number of ether oxygens (including phenoxy) is 1. The van der Waals surface area contributed by atoms with Crippen molar-refractivity contribution >= 4 is 35.2 Å². The fraction of sp³-hybridized carbons (Fsp3) is 0.462. The number of halogens is 2. The van der Waals surface area contributed by atoms with Crippen molar-refractivity contribution in [1.82, 2.24) is 10.6 Å². The summed E-state index contributed by atoms with van der Waals surface area (Å²) in [6, 6.07) is 15.5. The highest BCUT2D eigenvalue weighted by Crippen LogP contribution is 2.23. The standard InChI is InChI=1S/C26H34Cl2N2O3/c1-26(2,3)33-25(32)29-16-6-4-5-7-24(31)30-18-21(20-10-14-23(28)15-11-20)17-19-8-12-22(27)13-9-19/h8-15,21H,4-7,16-18H2,1-3H3,(H,29,32)(H,30,31)/t21-/m0/s1. The molecule has 0 spiro atoms. The van der Waals surface area contributed by atoms with E-state index in [1.165, 1.54) is 0 Å². The number of nitrogens with one attached hydrogen (secondary N) is 2. The van der Waals surface area contributed by atoms with Crippen LogP contribution in [0, 0.1) is 0 Å². The molecule has 2 aromatic rings. The third kappa shape index (κ3) is 11.4. The molecule has 33 heavy (non-hydrogen) atoms. The maximum Gasteiger partial charge on any atom is 0.407 e. The van der Waals surface area contributed by atoms with Crippen molar-refractivity contribution in [3.63, 3.8) is 0 Å². The number of amides is 2. The van der Waals surface area contributed by atoms with Gasteiger partial charge >= 0.3 is 6.09 Å². The number of carbonyl (C=O) groups is 2. The van der Waals surface area contributed by atoms with E-state index in [1.54, 1.807) is 0 Å².